The summed E-state index contributed by atoms with van der Waals surface area (Å²) in [7, 11) is -9.91. The standard InChI is InChI=1S/C77H150O17P2/c1-7-11-13-15-17-19-21-22-23-24-25-26-28-37-43-49-55-61-76(81)93-72(66-88-75(80)60-54-48-42-36-31-29-33-39-45-51-57-69(5)9-3)67-91-95(83,84)89-63-71(78)64-90-96(85,86)92-68-73(65-87-74(79)59-53-47-41-35-27-20-18-16-14-12-8-2)94-77(82)62-56-50-44-38-32-30-34-40-46-52-58-70(6)10-4/h69-73,78H,7-68H2,1-6H3,(H,83,84)(H,85,86)/t69?,70?,71-,72-,73-/m1/s1. The highest BCUT2D eigenvalue weighted by molar-refractivity contribution is 7.47. The van der Waals surface area contributed by atoms with Gasteiger partial charge in [-0.3, -0.25) is 37.3 Å². The molecular weight excluding hydrogens is 1260 g/mol. The number of ether oxygens (including phenoxy) is 4. The lowest BCUT2D eigenvalue weighted by atomic mass is 9.99. The molecule has 0 aromatic rings. The number of phosphoric acid groups is 2. The van der Waals surface area contributed by atoms with E-state index in [1.54, 1.807) is 0 Å². The molecule has 0 saturated heterocycles. The number of unbranched alkanes of at least 4 members (excludes halogenated alkanes) is 44. The molecule has 0 rings (SSSR count). The molecule has 96 heavy (non-hydrogen) atoms. The van der Waals surface area contributed by atoms with E-state index in [2.05, 4.69) is 41.5 Å². The van der Waals surface area contributed by atoms with Crippen molar-refractivity contribution in [3.05, 3.63) is 0 Å². The zero-order valence-electron chi connectivity index (χ0n) is 62.7. The number of carbonyl (C=O) groups is 4. The zero-order valence-corrected chi connectivity index (χ0v) is 64.5. The van der Waals surface area contributed by atoms with Crippen LogP contribution in [0.1, 0.15) is 401 Å². The van der Waals surface area contributed by atoms with E-state index in [-0.39, 0.29) is 25.7 Å². The topological polar surface area (TPSA) is 237 Å². The molecule has 0 heterocycles. The maximum absolute atomic E-state index is 13.1. The van der Waals surface area contributed by atoms with Crippen molar-refractivity contribution in [2.45, 2.75) is 419 Å². The molecule has 0 bridgehead atoms. The quantitative estimate of drug-likeness (QED) is 0.0222. The van der Waals surface area contributed by atoms with E-state index in [0.717, 1.165) is 102 Å². The maximum Gasteiger partial charge on any atom is 0.472 e. The lowest BCUT2D eigenvalue weighted by Crippen LogP contribution is -2.30. The third-order valence-corrected chi connectivity index (χ3v) is 20.6. The van der Waals surface area contributed by atoms with Crippen LogP contribution in [0.3, 0.4) is 0 Å². The van der Waals surface area contributed by atoms with Crippen molar-refractivity contribution in [2.75, 3.05) is 39.6 Å². The summed E-state index contributed by atoms with van der Waals surface area (Å²) < 4.78 is 68.6. The van der Waals surface area contributed by atoms with Crippen LogP contribution < -0.4 is 0 Å². The van der Waals surface area contributed by atoms with Gasteiger partial charge in [0.1, 0.15) is 19.3 Å². The minimum atomic E-state index is -4.96. The number of hydrogen-bond acceptors (Lipinski definition) is 15. The Balaban J connectivity index is 5.27. The maximum atomic E-state index is 13.1. The Kier molecular flexibility index (Phi) is 67.4. The first kappa shape index (κ1) is 94.1. The van der Waals surface area contributed by atoms with Crippen LogP contribution in [0.15, 0.2) is 0 Å². The van der Waals surface area contributed by atoms with Crippen molar-refractivity contribution >= 4 is 39.5 Å². The molecule has 0 amide bonds. The molecule has 7 atom stereocenters. The van der Waals surface area contributed by atoms with Gasteiger partial charge in [0, 0.05) is 25.7 Å². The van der Waals surface area contributed by atoms with Crippen molar-refractivity contribution in [2.24, 2.45) is 11.8 Å². The van der Waals surface area contributed by atoms with Crippen LogP contribution in [-0.4, -0.2) is 96.7 Å². The van der Waals surface area contributed by atoms with Crippen LogP contribution in [0.25, 0.3) is 0 Å². The largest absolute Gasteiger partial charge is 0.472 e. The van der Waals surface area contributed by atoms with Crippen molar-refractivity contribution < 1.29 is 80.2 Å². The molecule has 3 N–H and O–H groups in total. The summed E-state index contributed by atoms with van der Waals surface area (Å²) in [5.74, 6) is -0.500. The highest BCUT2D eigenvalue weighted by Crippen LogP contribution is 2.45. The lowest BCUT2D eigenvalue weighted by Gasteiger charge is -2.21. The lowest BCUT2D eigenvalue weighted by molar-refractivity contribution is -0.161. The Morgan fingerprint density at radius 3 is 0.740 bits per heavy atom. The van der Waals surface area contributed by atoms with Crippen molar-refractivity contribution in [3.8, 4) is 0 Å². The van der Waals surface area contributed by atoms with Gasteiger partial charge < -0.3 is 33.8 Å². The SMILES string of the molecule is CCCCCCCCCCCCCCCCCCCC(=O)O[C@H](COC(=O)CCCCCCCCCCCCC(C)CC)COP(=O)(O)OC[C@@H](O)COP(=O)(O)OC[C@@H](COC(=O)CCCCCCCCCCCCC)OC(=O)CCCCCCCCCCCCC(C)CC. The van der Waals surface area contributed by atoms with Gasteiger partial charge >= 0.3 is 39.5 Å². The van der Waals surface area contributed by atoms with Crippen molar-refractivity contribution in [1.29, 1.82) is 0 Å². The van der Waals surface area contributed by atoms with Gasteiger partial charge in [-0.25, -0.2) is 9.13 Å². The predicted octanol–water partition coefficient (Wildman–Crippen LogP) is 22.7. The number of esters is 4. The molecule has 0 aromatic heterocycles. The minimum Gasteiger partial charge on any atom is -0.462 e. The van der Waals surface area contributed by atoms with E-state index in [1.807, 2.05) is 0 Å². The molecule has 0 aromatic carbocycles. The Bertz CT molecular complexity index is 1860. The number of hydrogen-bond donors (Lipinski definition) is 3. The Morgan fingerprint density at radius 1 is 0.292 bits per heavy atom. The summed E-state index contributed by atoms with van der Waals surface area (Å²) >= 11 is 0. The van der Waals surface area contributed by atoms with Gasteiger partial charge in [0.05, 0.1) is 26.4 Å². The van der Waals surface area contributed by atoms with Crippen molar-refractivity contribution in [1.82, 2.24) is 0 Å². The van der Waals surface area contributed by atoms with E-state index in [4.69, 9.17) is 37.0 Å². The van der Waals surface area contributed by atoms with E-state index in [9.17, 15) is 43.2 Å². The van der Waals surface area contributed by atoms with Gasteiger partial charge in [0.25, 0.3) is 0 Å². The highest BCUT2D eigenvalue weighted by atomic mass is 31.2. The first-order valence-electron chi connectivity index (χ1n) is 40.1. The summed E-state index contributed by atoms with van der Waals surface area (Å²) in [5, 5.41) is 10.6. The average Bonchev–Trinajstić information content (AvgIpc) is 1.12. The fourth-order valence-electron chi connectivity index (χ4n) is 11.8. The number of phosphoric ester groups is 2. The molecule has 0 spiro atoms. The van der Waals surface area contributed by atoms with Crippen LogP contribution in [0.5, 0.6) is 0 Å². The van der Waals surface area contributed by atoms with E-state index < -0.39 is 97.5 Å². The van der Waals surface area contributed by atoms with Crippen LogP contribution >= 0.6 is 15.6 Å². The Morgan fingerprint density at radius 2 is 0.500 bits per heavy atom. The first-order chi connectivity index (χ1) is 46.4. The van der Waals surface area contributed by atoms with E-state index in [1.165, 1.54) is 218 Å². The molecule has 0 aliphatic rings. The van der Waals surface area contributed by atoms with Crippen LogP contribution in [0.4, 0.5) is 0 Å². The monoisotopic (exact) mass is 1410 g/mol. The molecular formula is C77H150O17P2. The molecule has 0 aliphatic carbocycles. The van der Waals surface area contributed by atoms with Gasteiger partial charge in [-0.05, 0) is 37.5 Å². The normalized spacial score (nSPS) is 14.6. The molecule has 19 heteroatoms. The molecule has 0 aliphatic heterocycles. The molecule has 0 radical (unpaired) electrons. The second-order valence-corrected chi connectivity index (χ2v) is 31.1. The van der Waals surface area contributed by atoms with E-state index >= 15 is 0 Å². The number of carbonyl (C=O) groups excluding carboxylic acids is 4. The zero-order chi connectivity index (χ0) is 70.7. The first-order valence-corrected chi connectivity index (χ1v) is 43.1. The smallest absolute Gasteiger partial charge is 0.462 e. The summed E-state index contributed by atoms with van der Waals surface area (Å²) in [4.78, 5) is 72.9. The van der Waals surface area contributed by atoms with Gasteiger partial charge in [-0.2, -0.15) is 0 Å². The summed E-state index contributed by atoms with van der Waals surface area (Å²) in [5.41, 5.74) is 0. The Hall–Kier alpha value is -1.94. The number of rotatable bonds is 76. The second kappa shape index (κ2) is 68.8. The predicted molar refractivity (Wildman–Crippen MR) is 391 cm³/mol. The van der Waals surface area contributed by atoms with Gasteiger partial charge in [0.15, 0.2) is 12.2 Å². The van der Waals surface area contributed by atoms with Crippen LogP contribution in [-0.2, 0) is 65.4 Å². The third-order valence-electron chi connectivity index (χ3n) is 18.7. The molecule has 570 valence electrons. The van der Waals surface area contributed by atoms with Gasteiger partial charge in [-0.15, -0.1) is 0 Å². The highest BCUT2D eigenvalue weighted by Gasteiger charge is 2.30. The van der Waals surface area contributed by atoms with Crippen LogP contribution in [0.2, 0.25) is 0 Å². The summed E-state index contributed by atoms with van der Waals surface area (Å²) in [6.07, 6.45) is 56.6. The summed E-state index contributed by atoms with van der Waals surface area (Å²) in [6, 6.07) is 0. The van der Waals surface area contributed by atoms with Gasteiger partial charge in [-0.1, -0.05) is 350 Å². The van der Waals surface area contributed by atoms with Crippen LogP contribution in [0, 0.1) is 11.8 Å². The molecule has 4 unspecified atom stereocenters. The molecule has 17 nitrogen and oxygen atoms in total. The second-order valence-electron chi connectivity index (χ2n) is 28.2. The fourth-order valence-corrected chi connectivity index (χ4v) is 13.3. The minimum absolute atomic E-state index is 0.107. The van der Waals surface area contributed by atoms with Gasteiger partial charge in [0.2, 0.25) is 0 Å². The fraction of sp³-hybridized carbons (Fsp3) is 0.948. The average molecular weight is 1410 g/mol. The third kappa shape index (κ3) is 67.9. The number of aliphatic hydroxyl groups is 1. The molecule has 0 saturated carbocycles. The number of aliphatic hydroxyl groups excluding tert-OH is 1. The molecule has 0 fully saturated rings. The Labute approximate surface area is 588 Å². The van der Waals surface area contributed by atoms with E-state index in [0.29, 0.717) is 25.7 Å². The van der Waals surface area contributed by atoms with Crippen molar-refractivity contribution in [3.63, 3.8) is 0 Å². The summed E-state index contributed by atoms with van der Waals surface area (Å²) in [6.45, 7) is 9.66.